The van der Waals surface area contributed by atoms with E-state index in [0.717, 1.165) is 33.4 Å². The van der Waals surface area contributed by atoms with Gasteiger partial charge in [0, 0.05) is 22.6 Å². The summed E-state index contributed by atoms with van der Waals surface area (Å²) < 4.78 is 27.3. The van der Waals surface area contributed by atoms with Crippen molar-refractivity contribution in [3.05, 3.63) is 95.3 Å². The monoisotopic (exact) mass is 447 g/mol. The second-order valence-electron chi connectivity index (χ2n) is 7.38. The largest absolute Gasteiger partial charge is 0.478 e. The van der Waals surface area contributed by atoms with Gasteiger partial charge in [0.2, 0.25) is 0 Å². The van der Waals surface area contributed by atoms with E-state index in [-0.39, 0.29) is 10.5 Å². The van der Waals surface area contributed by atoms with Crippen LogP contribution in [0, 0.1) is 13.8 Å². The molecular formula is C24H21N3O4S. The Balaban J connectivity index is 1.57. The molecule has 2 N–H and O–H groups in total. The normalized spacial score (nSPS) is 11.8. The Morgan fingerprint density at radius 2 is 1.66 bits per heavy atom. The van der Waals surface area contributed by atoms with Crippen molar-refractivity contribution in [1.82, 2.24) is 9.40 Å². The lowest BCUT2D eigenvalue weighted by atomic mass is 10.1. The number of rotatable bonds is 6. The van der Waals surface area contributed by atoms with E-state index >= 15 is 0 Å². The fraction of sp³-hybridized carbons (Fsp3) is 0.0833. The van der Waals surface area contributed by atoms with Crippen LogP contribution in [0.25, 0.3) is 16.5 Å². The van der Waals surface area contributed by atoms with Gasteiger partial charge in [-0.1, -0.05) is 30.3 Å². The fourth-order valence-electron chi connectivity index (χ4n) is 3.62. The van der Waals surface area contributed by atoms with Crippen LogP contribution < -0.4 is 4.83 Å². The minimum atomic E-state index is -3.81. The van der Waals surface area contributed by atoms with Gasteiger partial charge < -0.3 is 9.67 Å². The Labute approximate surface area is 185 Å². The highest BCUT2D eigenvalue weighted by molar-refractivity contribution is 7.89. The summed E-state index contributed by atoms with van der Waals surface area (Å²) in [5.41, 5.74) is 3.51. The minimum Gasteiger partial charge on any atom is -0.478 e. The molecule has 1 aromatic heterocycles. The summed E-state index contributed by atoms with van der Waals surface area (Å²) >= 11 is 0. The third kappa shape index (κ3) is 4.13. The van der Waals surface area contributed by atoms with Crippen molar-refractivity contribution >= 4 is 33.0 Å². The van der Waals surface area contributed by atoms with Crippen molar-refractivity contribution in [2.45, 2.75) is 18.7 Å². The summed E-state index contributed by atoms with van der Waals surface area (Å²) in [5.74, 6) is -0.982. The van der Waals surface area contributed by atoms with E-state index in [1.54, 1.807) is 42.5 Å². The lowest BCUT2D eigenvalue weighted by Gasteiger charge is -2.10. The Hall–Kier alpha value is -3.91. The van der Waals surface area contributed by atoms with Gasteiger partial charge in [-0.2, -0.15) is 13.5 Å². The van der Waals surface area contributed by atoms with E-state index < -0.39 is 16.0 Å². The van der Waals surface area contributed by atoms with Crippen LogP contribution in [-0.4, -0.2) is 30.3 Å². The summed E-state index contributed by atoms with van der Waals surface area (Å²) in [5, 5.41) is 14.8. The molecule has 3 aromatic carbocycles. The number of aryl methyl sites for hydroxylation is 1. The maximum absolute atomic E-state index is 12.7. The fourth-order valence-corrected chi connectivity index (χ4v) is 4.45. The van der Waals surface area contributed by atoms with Crippen LogP contribution in [0.1, 0.15) is 27.3 Å². The number of sulfonamides is 1. The molecule has 7 nitrogen and oxygen atoms in total. The summed E-state index contributed by atoms with van der Waals surface area (Å²) in [6, 6.07) is 20.9. The number of fused-ring (bicyclic) bond motifs is 1. The molecule has 0 spiro atoms. The van der Waals surface area contributed by atoms with Crippen LogP contribution in [0.3, 0.4) is 0 Å². The van der Waals surface area contributed by atoms with Crippen LogP contribution in [0.15, 0.2) is 82.8 Å². The highest BCUT2D eigenvalue weighted by Gasteiger charge is 2.14. The number of hydrogen-bond donors (Lipinski definition) is 2. The van der Waals surface area contributed by atoms with Gasteiger partial charge in [-0.3, -0.25) is 0 Å². The van der Waals surface area contributed by atoms with Crippen LogP contribution >= 0.6 is 0 Å². The number of aromatic carboxylic acids is 1. The average molecular weight is 448 g/mol. The highest BCUT2D eigenvalue weighted by Crippen LogP contribution is 2.21. The third-order valence-corrected chi connectivity index (χ3v) is 6.47. The Morgan fingerprint density at radius 3 is 2.34 bits per heavy atom. The molecule has 0 aliphatic carbocycles. The summed E-state index contributed by atoms with van der Waals surface area (Å²) in [7, 11) is -3.81. The molecule has 0 bridgehead atoms. The van der Waals surface area contributed by atoms with E-state index in [0.29, 0.717) is 0 Å². The van der Waals surface area contributed by atoms with Gasteiger partial charge in [-0.05, 0) is 67.1 Å². The SMILES string of the molecule is Cc1cc(/C=N/NS(=O)(=O)c2ccc3ccccc3c2)c(C)n1-c1ccc(C(=O)O)cc1. The van der Waals surface area contributed by atoms with Gasteiger partial charge in [0.1, 0.15) is 0 Å². The molecule has 4 rings (SSSR count). The van der Waals surface area contributed by atoms with Crippen LogP contribution in [-0.2, 0) is 10.0 Å². The summed E-state index contributed by atoms with van der Waals surface area (Å²) in [4.78, 5) is 13.5. The zero-order valence-electron chi connectivity index (χ0n) is 17.5. The van der Waals surface area contributed by atoms with Crippen LogP contribution in [0.5, 0.6) is 0 Å². The number of aromatic nitrogens is 1. The van der Waals surface area contributed by atoms with Gasteiger partial charge in [-0.15, -0.1) is 0 Å². The number of carboxylic acid groups (broad SMARTS) is 1. The number of carboxylic acids is 1. The van der Waals surface area contributed by atoms with E-state index in [2.05, 4.69) is 9.93 Å². The molecule has 162 valence electrons. The first kappa shape index (κ1) is 21.3. The third-order valence-electron chi connectivity index (χ3n) is 5.25. The molecule has 0 saturated heterocycles. The molecule has 0 aliphatic heterocycles. The molecule has 8 heteroatoms. The number of hydrazone groups is 1. The maximum Gasteiger partial charge on any atom is 0.335 e. The van der Waals surface area contributed by atoms with Gasteiger partial charge in [-0.25, -0.2) is 9.63 Å². The molecule has 0 radical (unpaired) electrons. The first-order chi connectivity index (χ1) is 15.3. The van der Waals surface area contributed by atoms with E-state index in [1.165, 1.54) is 6.21 Å². The van der Waals surface area contributed by atoms with Crippen LogP contribution in [0.4, 0.5) is 0 Å². The van der Waals surface area contributed by atoms with Gasteiger partial charge in [0.25, 0.3) is 10.0 Å². The number of nitrogens with zero attached hydrogens (tertiary/aromatic N) is 2. The zero-order chi connectivity index (χ0) is 22.9. The van der Waals surface area contributed by atoms with Crippen molar-refractivity contribution in [2.75, 3.05) is 0 Å². The zero-order valence-corrected chi connectivity index (χ0v) is 18.3. The van der Waals surface area contributed by atoms with Crippen molar-refractivity contribution in [3.8, 4) is 5.69 Å². The smallest absolute Gasteiger partial charge is 0.335 e. The molecule has 0 saturated carbocycles. The molecule has 1 heterocycles. The summed E-state index contributed by atoms with van der Waals surface area (Å²) in [6.07, 6.45) is 1.46. The molecule has 0 aliphatic rings. The van der Waals surface area contributed by atoms with E-state index in [1.807, 2.05) is 48.7 Å². The molecule has 4 aromatic rings. The topological polar surface area (TPSA) is 101 Å². The number of benzene rings is 3. The Kier molecular flexibility index (Phi) is 5.54. The molecule has 0 fully saturated rings. The molecule has 0 amide bonds. The number of nitrogens with one attached hydrogen (secondary N) is 1. The van der Waals surface area contributed by atoms with Crippen molar-refractivity contribution < 1.29 is 18.3 Å². The standard InChI is InChI=1S/C24H21N3O4S/c1-16-13-21(17(2)27(16)22-10-7-19(8-11-22)24(28)29)15-25-26-32(30,31)23-12-9-18-5-3-4-6-20(18)14-23/h3-15,26H,1-2H3,(H,28,29)/b25-15+. The predicted molar refractivity (Wildman–Crippen MR) is 124 cm³/mol. The highest BCUT2D eigenvalue weighted by atomic mass is 32.2. The molecular weight excluding hydrogens is 426 g/mol. The molecule has 0 unspecified atom stereocenters. The lowest BCUT2D eigenvalue weighted by molar-refractivity contribution is 0.0697. The predicted octanol–water partition coefficient (Wildman–Crippen LogP) is 4.26. The van der Waals surface area contributed by atoms with Gasteiger partial charge in [0.15, 0.2) is 0 Å². The Morgan fingerprint density at radius 1 is 0.969 bits per heavy atom. The van der Waals surface area contributed by atoms with Crippen molar-refractivity contribution in [1.29, 1.82) is 0 Å². The second kappa shape index (κ2) is 8.32. The molecule has 32 heavy (non-hydrogen) atoms. The first-order valence-corrected chi connectivity index (χ1v) is 11.3. The number of hydrogen-bond acceptors (Lipinski definition) is 4. The van der Waals surface area contributed by atoms with Crippen LogP contribution in [0.2, 0.25) is 0 Å². The average Bonchev–Trinajstić information content (AvgIpc) is 3.06. The second-order valence-corrected chi connectivity index (χ2v) is 9.04. The number of carbonyl (C=O) groups is 1. The molecule has 0 atom stereocenters. The first-order valence-electron chi connectivity index (χ1n) is 9.82. The van der Waals surface area contributed by atoms with Crippen molar-refractivity contribution in [2.24, 2.45) is 5.10 Å². The Bertz CT molecular complexity index is 1450. The summed E-state index contributed by atoms with van der Waals surface area (Å²) in [6.45, 7) is 3.80. The van der Waals surface area contributed by atoms with Gasteiger partial charge in [0.05, 0.1) is 16.7 Å². The van der Waals surface area contributed by atoms with E-state index in [9.17, 15) is 13.2 Å². The maximum atomic E-state index is 12.7. The van der Waals surface area contributed by atoms with E-state index in [4.69, 9.17) is 5.11 Å². The van der Waals surface area contributed by atoms with Gasteiger partial charge >= 0.3 is 5.97 Å². The quantitative estimate of drug-likeness (QED) is 0.341. The minimum absolute atomic E-state index is 0.136. The van der Waals surface area contributed by atoms with Crippen molar-refractivity contribution in [3.63, 3.8) is 0 Å². The lowest BCUT2D eigenvalue weighted by Crippen LogP contribution is -2.18.